The highest BCUT2D eigenvalue weighted by molar-refractivity contribution is 9.11. The molecule has 1 unspecified atom stereocenters. The summed E-state index contributed by atoms with van der Waals surface area (Å²) in [5.41, 5.74) is 1.42. The molecule has 0 bridgehead atoms. The largest absolute Gasteiger partial charge is 0.309 e. The van der Waals surface area contributed by atoms with Gasteiger partial charge in [0.1, 0.15) is 0 Å². The predicted octanol–water partition coefficient (Wildman–Crippen LogP) is 4.86. The molecule has 0 aromatic carbocycles. The summed E-state index contributed by atoms with van der Waals surface area (Å²) >= 11 is 7.14. The molecule has 92 valence electrons. The van der Waals surface area contributed by atoms with Gasteiger partial charge >= 0.3 is 0 Å². The van der Waals surface area contributed by atoms with Crippen molar-refractivity contribution in [2.45, 2.75) is 25.8 Å². The third kappa shape index (κ3) is 3.91. The zero-order chi connectivity index (χ0) is 12.1. The van der Waals surface area contributed by atoms with Gasteiger partial charge in [-0.2, -0.15) is 11.3 Å². The maximum Gasteiger partial charge on any atom is 0.0701 e. The van der Waals surface area contributed by atoms with Crippen LogP contribution in [0.2, 0.25) is 0 Å². The van der Waals surface area contributed by atoms with Crippen molar-refractivity contribution >= 4 is 38.6 Å². The fraction of sp³-hybridized carbons (Fsp3) is 0.385. The van der Waals surface area contributed by atoms with E-state index in [-0.39, 0.29) is 0 Å². The molecule has 2 heterocycles. The average molecular weight is 330 g/mol. The molecule has 1 nitrogen and oxygen atoms in total. The summed E-state index contributed by atoms with van der Waals surface area (Å²) in [6.45, 7) is 3.28. The van der Waals surface area contributed by atoms with Crippen LogP contribution in [0.3, 0.4) is 0 Å². The van der Waals surface area contributed by atoms with Crippen LogP contribution in [0.25, 0.3) is 0 Å². The van der Waals surface area contributed by atoms with Crippen molar-refractivity contribution < 1.29 is 0 Å². The average Bonchev–Trinajstić information content (AvgIpc) is 2.95. The summed E-state index contributed by atoms with van der Waals surface area (Å²) in [4.78, 5) is 1.41. The quantitative estimate of drug-likeness (QED) is 0.798. The second-order valence-electron chi connectivity index (χ2n) is 3.98. The first kappa shape index (κ1) is 13.3. The van der Waals surface area contributed by atoms with E-state index in [1.165, 1.54) is 20.6 Å². The van der Waals surface area contributed by atoms with Gasteiger partial charge in [0.25, 0.3) is 0 Å². The monoisotopic (exact) mass is 329 g/mol. The van der Waals surface area contributed by atoms with E-state index in [1.54, 1.807) is 11.3 Å². The highest BCUT2D eigenvalue weighted by Gasteiger charge is 2.13. The maximum absolute atomic E-state index is 3.63. The fourth-order valence-corrected chi connectivity index (χ4v) is 3.93. The molecule has 0 saturated heterocycles. The van der Waals surface area contributed by atoms with Crippen LogP contribution in [0.15, 0.2) is 32.7 Å². The van der Waals surface area contributed by atoms with Gasteiger partial charge in [0.05, 0.1) is 3.79 Å². The second-order valence-corrected chi connectivity index (χ2v) is 7.26. The first-order chi connectivity index (χ1) is 8.29. The van der Waals surface area contributed by atoms with Crippen molar-refractivity contribution in [1.82, 2.24) is 5.32 Å². The Hall–Kier alpha value is -0.160. The lowest BCUT2D eigenvalue weighted by molar-refractivity contribution is 0.537. The Kier molecular flexibility index (Phi) is 5.22. The molecule has 0 aliphatic carbocycles. The van der Waals surface area contributed by atoms with Crippen LogP contribution in [0.1, 0.15) is 29.8 Å². The Bertz CT molecular complexity index is 436. The molecule has 4 heteroatoms. The third-order valence-corrected chi connectivity index (χ3v) is 5.07. The van der Waals surface area contributed by atoms with E-state index in [2.05, 4.69) is 57.1 Å². The summed E-state index contributed by atoms with van der Waals surface area (Å²) in [6, 6.07) is 7.01. The molecule has 0 fully saturated rings. The molecule has 1 N–H and O–H groups in total. The molecule has 0 spiro atoms. The minimum absolute atomic E-state index is 0.445. The minimum atomic E-state index is 0.445. The molecule has 17 heavy (non-hydrogen) atoms. The topological polar surface area (TPSA) is 12.0 Å². The molecule has 2 aromatic heterocycles. The molecule has 2 rings (SSSR count). The maximum atomic E-state index is 3.63. The van der Waals surface area contributed by atoms with Crippen molar-refractivity contribution in [2.24, 2.45) is 0 Å². The first-order valence-corrected chi connectivity index (χ1v) is 8.34. The summed E-state index contributed by atoms with van der Waals surface area (Å²) in [6.07, 6.45) is 2.25. The Balaban J connectivity index is 2.07. The van der Waals surface area contributed by atoms with Crippen molar-refractivity contribution in [2.75, 3.05) is 6.54 Å². The lowest BCUT2D eigenvalue weighted by atomic mass is 10.1. The van der Waals surface area contributed by atoms with E-state index in [9.17, 15) is 0 Å². The lowest BCUT2D eigenvalue weighted by Gasteiger charge is -2.16. The Morgan fingerprint density at radius 2 is 2.24 bits per heavy atom. The Labute approximate surface area is 119 Å². The highest BCUT2D eigenvalue weighted by atomic mass is 79.9. The van der Waals surface area contributed by atoms with Gasteiger partial charge in [-0.05, 0) is 69.8 Å². The van der Waals surface area contributed by atoms with Gasteiger partial charge in [-0.25, -0.2) is 0 Å². The highest BCUT2D eigenvalue weighted by Crippen LogP contribution is 2.29. The van der Waals surface area contributed by atoms with Crippen LogP contribution in [0.4, 0.5) is 0 Å². The van der Waals surface area contributed by atoms with Gasteiger partial charge in [0.15, 0.2) is 0 Å². The Morgan fingerprint density at radius 3 is 2.82 bits per heavy atom. The van der Waals surface area contributed by atoms with Crippen molar-refractivity contribution in [3.8, 4) is 0 Å². The summed E-state index contributed by atoms with van der Waals surface area (Å²) < 4.78 is 1.21. The lowest BCUT2D eigenvalue weighted by Crippen LogP contribution is -2.23. The van der Waals surface area contributed by atoms with Crippen LogP contribution < -0.4 is 5.32 Å². The van der Waals surface area contributed by atoms with Crippen LogP contribution in [0.5, 0.6) is 0 Å². The van der Waals surface area contributed by atoms with Crippen molar-refractivity contribution in [3.05, 3.63) is 43.2 Å². The molecule has 0 aliphatic heterocycles. The molecular formula is C13H16BrNS2. The molecule has 0 saturated carbocycles. The van der Waals surface area contributed by atoms with E-state index in [0.29, 0.717) is 6.04 Å². The summed E-state index contributed by atoms with van der Waals surface area (Å²) in [5.74, 6) is 0. The van der Waals surface area contributed by atoms with Gasteiger partial charge in [0.2, 0.25) is 0 Å². The van der Waals surface area contributed by atoms with E-state index in [1.807, 2.05) is 11.3 Å². The number of hydrogen-bond acceptors (Lipinski definition) is 3. The van der Waals surface area contributed by atoms with Gasteiger partial charge in [-0.3, -0.25) is 0 Å². The SMILES string of the molecule is CCCNC(Cc1ccsc1)c1ccc(Br)s1. The van der Waals surface area contributed by atoms with Crippen LogP contribution in [-0.2, 0) is 6.42 Å². The number of nitrogens with one attached hydrogen (secondary N) is 1. The normalized spacial score (nSPS) is 12.8. The zero-order valence-electron chi connectivity index (χ0n) is 9.78. The van der Waals surface area contributed by atoms with Crippen molar-refractivity contribution in [1.29, 1.82) is 0 Å². The summed E-state index contributed by atoms with van der Waals surface area (Å²) in [7, 11) is 0. The van der Waals surface area contributed by atoms with Gasteiger partial charge in [-0.1, -0.05) is 6.92 Å². The first-order valence-electron chi connectivity index (χ1n) is 5.79. The standard InChI is InChI=1S/C13H16BrNS2/c1-2-6-15-11(8-10-5-7-16-9-10)12-3-4-13(14)17-12/h3-5,7,9,11,15H,2,6,8H2,1H3. The summed E-state index contributed by atoms with van der Waals surface area (Å²) in [5, 5.41) is 8.02. The number of thiophene rings is 2. The van der Waals surface area contributed by atoms with E-state index < -0.39 is 0 Å². The minimum Gasteiger partial charge on any atom is -0.309 e. The predicted molar refractivity (Wildman–Crippen MR) is 81.1 cm³/mol. The second kappa shape index (κ2) is 6.69. The third-order valence-electron chi connectivity index (χ3n) is 2.60. The van der Waals surface area contributed by atoms with Gasteiger partial charge < -0.3 is 5.32 Å². The molecule has 1 atom stereocenters. The molecule has 0 amide bonds. The Morgan fingerprint density at radius 1 is 1.35 bits per heavy atom. The number of hydrogen-bond donors (Lipinski definition) is 1. The van der Waals surface area contributed by atoms with Crippen LogP contribution in [0, 0.1) is 0 Å². The van der Waals surface area contributed by atoms with Crippen LogP contribution in [-0.4, -0.2) is 6.54 Å². The number of halogens is 1. The zero-order valence-corrected chi connectivity index (χ0v) is 13.0. The smallest absolute Gasteiger partial charge is 0.0701 e. The van der Waals surface area contributed by atoms with E-state index in [0.717, 1.165) is 13.0 Å². The van der Waals surface area contributed by atoms with E-state index in [4.69, 9.17) is 0 Å². The molecule has 0 aliphatic rings. The number of rotatable bonds is 6. The van der Waals surface area contributed by atoms with Crippen molar-refractivity contribution in [3.63, 3.8) is 0 Å². The van der Waals surface area contributed by atoms with Gasteiger partial charge in [0, 0.05) is 10.9 Å². The molecule has 2 aromatic rings. The molecule has 0 radical (unpaired) electrons. The fourth-order valence-electron chi connectivity index (χ4n) is 1.75. The molecular weight excluding hydrogens is 314 g/mol. The van der Waals surface area contributed by atoms with E-state index >= 15 is 0 Å². The van der Waals surface area contributed by atoms with Crippen LogP contribution >= 0.6 is 38.6 Å². The van der Waals surface area contributed by atoms with Gasteiger partial charge in [-0.15, -0.1) is 11.3 Å².